The van der Waals surface area contributed by atoms with Crippen LogP contribution in [0, 0.1) is 0 Å². The molecule has 0 atom stereocenters. The van der Waals surface area contributed by atoms with Crippen molar-refractivity contribution in [3.8, 4) is 0 Å². The number of nitrogens with zero attached hydrogens (tertiary/aromatic N) is 1. The Morgan fingerprint density at radius 3 is 2.10 bits per heavy atom. The summed E-state index contributed by atoms with van der Waals surface area (Å²) in [5, 5.41) is 0. The number of amides is 1. The monoisotopic (exact) mass is 173 g/mol. The van der Waals surface area contributed by atoms with Gasteiger partial charge in [-0.25, -0.2) is 14.0 Å². The van der Waals surface area contributed by atoms with Crippen LogP contribution >= 0.6 is 7.91 Å². The Kier molecular flexibility index (Phi) is 2.77. The number of methoxy groups -OCH3 is 1. The molecule has 0 N–H and O–H groups in total. The molecule has 0 radical (unpaired) electrons. The van der Waals surface area contributed by atoms with Gasteiger partial charge in [-0.05, 0) is 0 Å². The van der Waals surface area contributed by atoms with Gasteiger partial charge >= 0.3 is 14.0 Å². The van der Waals surface area contributed by atoms with Crippen LogP contribution in [0.4, 0.5) is 13.2 Å². The summed E-state index contributed by atoms with van der Waals surface area (Å²) in [6.07, 6.45) is -1.31. The van der Waals surface area contributed by atoms with Crippen LogP contribution in [0.15, 0.2) is 0 Å². The fraction of sp³-hybridized carbons (Fsp3) is 0.667. The van der Waals surface area contributed by atoms with Gasteiger partial charge in [0, 0.05) is 7.05 Å². The molecule has 0 bridgehead atoms. The van der Waals surface area contributed by atoms with Crippen molar-refractivity contribution in [2.45, 2.75) is 0 Å². The summed E-state index contributed by atoms with van der Waals surface area (Å²) < 4.78 is 36.9. The summed E-state index contributed by atoms with van der Waals surface area (Å²) in [5.74, 6) is 0. The van der Waals surface area contributed by atoms with Crippen molar-refractivity contribution in [3.63, 3.8) is 0 Å². The van der Waals surface area contributed by atoms with Crippen molar-refractivity contribution in [2.24, 2.45) is 0 Å². The van der Waals surface area contributed by atoms with Crippen LogP contribution in [0.1, 0.15) is 0 Å². The summed E-state index contributed by atoms with van der Waals surface area (Å²) in [6.45, 7) is 0. The standard InChI is InChI=1S/C3H6F2NO3P/c1-6(3(7)9-2)10(4,5)8/h1-2H3. The fourth-order valence-corrected chi connectivity index (χ4v) is 0.499. The summed E-state index contributed by atoms with van der Waals surface area (Å²) in [5.41, 5.74) is 0. The van der Waals surface area contributed by atoms with Crippen molar-refractivity contribution in [1.82, 2.24) is 4.67 Å². The van der Waals surface area contributed by atoms with Crippen molar-refractivity contribution >= 4 is 14.0 Å². The highest BCUT2D eigenvalue weighted by Crippen LogP contribution is 2.51. The third-order valence-corrected chi connectivity index (χ3v) is 1.65. The molecule has 0 aromatic rings. The minimum Gasteiger partial charge on any atom is -0.452 e. The minimum absolute atomic E-state index is 0.229. The van der Waals surface area contributed by atoms with Gasteiger partial charge in [0.25, 0.3) is 0 Å². The number of carbonyl (C=O) groups excluding carboxylic acids is 1. The van der Waals surface area contributed by atoms with Crippen LogP contribution < -0.4 is 0 Å². The molecule has 0 aliphatic carbocycles. The molecule has 0 aromatic heterocycles. The summed E-state index contributed by atoms with van der Waals surface area (Å²) in [6, 6.07) is 0. The molecule has 0 aromatic carbocycles. The molecule has 4 nitrogen and oxygen atoms in total. The number of rotatable bonds is 1. The topological polar surface area (TPSA) is 46.6 Å². The average molecular weight is 173 g/mol. The first kappa shape index (κ1) is 9.36. The van der Waals surface area contributed by atoms with Gasteiger partial charge in [-0.3, -0.25) is 0 Å². The summed E-state index contributed by atoms with van der Waals surface area (Å²) in [4.78, 5) is 10.2. The Morgan fingerprint density at radius 1 is 1.60 bits per heavy atom. The zero-order valence-electron chi connectivity index (χ0n) is 5.38. The molecule has 0 saturated heterocycles. The number of hydrogen-bond donors (Lipinski definition) is 0. The predicted molar refractivity (Wildman–Crippen MR) is 30.0 cm³/mol. The van der Waals surface area contributed by atoms with E-state index in [0.717, 1.165) is 7.11 Å². The van der Waals surface area contributed by atoms with Crippen molar-refractivity contribution in [2.75, 3.05) is 14.2 Å². The lowest BCUT2D eigenvalue weighted by molar-refractivity contribution is 0.150. The Labute approximate surface area is 56.4 Å². The maximum atomic E-state index is 11.7. The van der Waals surface area contributed by atoms with E-state index in [1.54, 1.807) is 0 Å². The molecule has 60 valence electrons. The number of halogens is 2. The predicted octanol–water partition coefficient (Wildman–Crippen LogP) is 1.73. The van der Waals surface area contributed by atoms with Crippen LogP contribution in [-0.4, -0.2) is 24.9 Å². The van der Waals surface area contributed by atoms with Crippen molar-refractivity contribution in [3.05, 3.63) is 0 Å². The average Bonchev–Trinajstić information content (AvgIpc) is 1.83. The van der Waals surface area contributed by atoms with E-state index >= 15 is 0 Å². The van der Waals surface area contributed by atoms with Crippen molar-refractivity contribution in [1.29, 1.82) is 0 Å². The van der Waals surface area contributed by atoms with Gasteiger partial charge in [-0.2, -0.15) is 0 Å². The molecule has 1 amide bonds. The zero-order chi connectivity index (χ0) is 8.36. The quantitative estimate of drug-likeness (QED) is 0.567. The molecule has 0 heterocycles. The molecule has 0 spiro atoms. The SMILES string of the molecule is COC(=O)N(C)P(=O)(F)F. The van der Waals surface area contributed by atoms with Crippen LogP contribution in [0.25, 0.3) is 0 Å². The van der Waals surface area contributed by atoms with Crippen molar-refractivity contribution < 1.29 is 22.5 Å². The van der Waals surface area contributed by atoms with E-state index in [4.69, 9.17) is 0 Å². The molecular weight excluding hydrogens is 167 g/mol. The van der Waals surface area contributed by atoms with E-state index in [0.29, 0.717) is 7.05 Å². The Morgan fingerprint density at radius 2 is 2.00 bits per heavy atom. The van der Waals surface area contributed by atoms with Gasteiger partial charge in [0.1, 0.15) is 0 Å². The molecule has 0 unspecified atom stereocenters. The van der Waals surface area contributed by atoms with Crippen LogP contribution in [0.2, 0.25) is 0 Å². The molecule has 0 aliphatic heterocycles. The molecule has 0 rings (SSSR count). The van der Waals surface area contributed by atoms with Gasteiger partial charge in [0.05, 0.1) is 7.11 Å². The summed E-state index contributed by atoms with van der Waals surface area (Å²) >= 11 is 0. The zero-order valence-corrected chi connectivity index (χ0v) is 6.27. The second kappa shape index (κ2) is 2.96. The Balaban J connectivity index is 4.23. The fourth-order valence-electron chi connectivity index (χ4n) is 0.227. The van der Waals surface area contributed by atoms with Gasteiger partial charge in [0.15, 0.2) is 0 Å². The van der Waals surface area contributed by atoms with Crippen LogP contribution in [0.5, 0.6) is 0 Å². The number of ether oxygens (including phenoxy) is 1. The lowest BCUT2D eigenvalue weighted by atomic mass is 11.1. The second-order valence-corrected chi connectivity index (χ2v) is 2.90. The van der Waals surface area contributed by atoms with Crippen LogP contribution in [0.3, 0.4) is 0 Å². The second-order valence-electron chi connectivity index (χ2n) is 1.43. The molecule has 0 aliphatic rings. The molecule has 0 saturated carbocycles. The van der Waals surface area contributed by atoms with E-state index in [1.807, 2.05) is 0 Å². The Bertz CT molecular complexity index is 179. The highest BCUT2D eigenvalue weighted by Gasteiger charge is 2.31. The van der Waals surface area contributed by atoms with E-state index in [2.05, 4.69) is 4.74 Å². The highest BCUT2D eigenvalue weighted by atomic mass is 31.2. The first-order valence-electron chi connectivity index (χ1n) is 2.21. The normalized spacial score (nSPS) is 10.8. The summed E-state index contributed by atoms with van der Waals surface area (Å²) in [7, 11) is -3.84. The number of hydrogen-bond acceptors (Lipinski definition) is 3. The lowest BCUT2D eigenvalue weighted by Gasteiger charge is -2.11. The Hall–Kier alpha value is -0.640. The largest absolute Gasteiger partial charge is 0.515 e. The highest BCUT2D eigenvalue weighted by molar-refractivity contribution is 7.51. The molecule has 0 fully saturated rings. The number of carbonyl (C=O) groups is 1. The third kappa shape index (κ3) is 2.31. The van der Waals surface area contributed by atoms with E-state index in [9.17, 15) is 17.8 Å². The molecule has 10 heavy (non-hydrogen) atoms. The third-order valence-electron chi connectivity index (χ3n) is 0.788. The first-order chi connectivity index (χ1) is 4.39. The minimum atomic E-state index is -5.47. The van der Waals surface area contributed by atoms with E-state index in [-0.39, 0.29) is 4.67 Å². The first-order valence-corrected chi connectivity index (χ1v) is 3.65. The smallest absolute Gasteiger partial charge is 0.452 e. The van der Waals surface area contributed by atoms with Gasteiger partial charge in [-0.15, -0.1) is 8.39 Å². The van der Waals surface area contributed by atoms with Gasteiger partial charge < -0.3 is 4.74 Å². The van der Waals surface area contributed by atoms with Gasteiger partial charge in [-0.1, -0.05) is 0 Å². The molecule has 7 heteroatoms. The maximum absolute atomic E-state index is 11.7. The van der Waals surface area contributed by atoms with Gasteiger partial charge in [0.2, 0.25) is 0 Å². The lowest BCUT2D eigenvalue weighted by Crippen LogP contribution is -2.20. The van der Waals surface area contributed by atoms with E-state index in [1.165, 1.54) is 0 Å². The maximum Gasteiger partial charge on any atom is 0.515 e. The molecular formula is C3H6F2NO3P. The van der Waals surface area contributed by atoms with Crippen LogP contribution in [-0.2, 0) is 9.30 Å². The van der Waals surface area contributed by atoms with E-state index < -0.39 is 14.0 Å².